The minimum absolute atomic E-state index is 0.00241. The van der Waals surface area contributed by atoms with Gasteiger partial charge in [-0.05, 0) is 26.3 Å². The van der Waals surface area contributed by atoms with Crippen molar-refractivity contribution in [3.8, 4) is 0 Å². The standard InChI is InChI=1S/C11H18O4/c1-11(2)13-7-9(15-11)8-5-4-6-10(12-3)14-8/h4,6,8-10H,5,7H2,1-3H3. The fourth-order valence-corrected chi connectivity index (χ4v) is 1.87. The van der Waals surface area contributed by atoms with Crippen LogP contribution in [-0.2, 0) is 18.9 Å². The van der Waals surface area contributed by atoms with Gasteiger partial charge in [0.15, 0.2) is 12.1 Å². The Balaban J connectivity index is 1.93. The smallest absolute Gasteiger partial charge is 0.176 e. The van der Waals surface area contributed by atoms with E-state index in [1.165, 1.54) is 0 Å². The van der Waals surface area contributed by atoms with E-state index >= 15 is 0 Å². The lowest BCUT2D eigenvalue weighted by Gasteiger charge is -2.28. The van der Waals surface area contributed by atoms with Gasteiger partial charge in [-0.2, -0.15) is 0 Å². The van der Waals surface area contributed by atoms with E-state index in [2.05, 4.69) is 6.08 Å². The number of rotatable bonds is 2. The zero-order valence-corrected chi connectivity index (χ0v) is 9.43. The van der Waals surface area contributed by atoms with Gasteiger partial charge >= 0.3 is 0 Å². The van der Waals surface area contributed by atoms with Crippen LogP contribution >= 0.6 is 0 Å². The van der Waals surface area contributed by atoms with Gasteiger partial charge in [0.25, 0.3) is 0 Å². The molecule has 0 aromatic rings. The van der Waals surface area contributed by atoms with Crippen molar-refractivity contribution in [3.63, 3.8) is 0 Å². The summed E-state index contributed by atoms with van der Waals surface area (Å²) in [5, 5.41) is 0. The summed E-state index contributed by atoms with van der Waals surface area (Å²) in [6, 6.07) is 0. The molecule has 3 atom stereocenters. The second-order valence-electron chi connectivity index (χ2n) is 4.31. The molecule has 86 valence electrons. The van der Waals surface area contributed by atoms with Gasteiger partial charge in [0.2, 0.25) is 0 Å². The molecule has 0 aliphatic carbocycles. The number of methoxy groups -OCH3 is 1. The summed E-state index contributed by atoms with van der Waals surface area (Å²) in [6.45, 7) is 4.42. The molecule has 0 radical (unpaired) electrons. The third-order valence-electron chi connectivity index (χ3n) is 2.65. The zero-order chi connectivity index (χ0) is 10.9. The molecule has 0 saturated carbocycles. The molecule has 2 rings (SSSR count). The fourth-order valence-electron chi connectivity index (χ4n) is 1.87. The highest BCUT2D eigenvalue weighted by Crippen LogP contribution is 2.28. The van der Waals surface area contributed by atoms with Crippen molar-refractivity contribution in [1.82, 2.24) is 0 Å². The summed E-state index contributed by atoms with van der Waals surface area (Å²) in [6.07, 6.45) is 4.61. The van der Waals surface area contributed by atoms with E-state index in [1.54, 1.807) is 7.11 Å². The third kappa shape index (κ3) is 2.58. The lowest BCUT2D eigenvalue weighted by Crippen LogP contribution is -2.37. The van der Waals surface area contributed by atoms with Gasteiger partial charge in [0.1, 0.15) is 6.10 Å². The molecule has 2 aliphatic heterocycles. The quantitative estimate of drug-likeness (QED) is 0.652. The monoisotopic (exact) mass is 214 g/mol. The summed E-state index contributed by atoms with van der Waals surface area (Å²) >= 11 is 0. The van der Waals surface area contributed by atoms with Crippen molar-refractivity contribution in [2.45, 2.75) is 44.6 Å². The zero-order valence-electron chi connectivity index (χ0n) is 9.43. The fraction of sp³-hybridized carbons (Fsp3) is 0.818. The van der Waals surface area contributed by atoms with Crippen LogP contribution in [0.5, 0.6) is 0 Å². The molecule has 15 heavy (non-hydrogen) atoms. The largest absolute Gasteiger partial charge is 0.352 e. The predicted octanol–water partition coefficient (Wildman–Crippen LogP) is 1.46. The van der Waals surface area contributed by atoms with Crippen molar-refractivity contribution < 1.29 is 18.9 Å². The molecular weight excluding hydrogens is 196 g/mol. The maximum Gasteiger partial charge on any atom is 0.176 e. The van der Waals surface area contributed by atoms with E-state index in [9.17, 15) is 0 Å². The van der Waals surface area contributed by atoms with Gasteiger partial charge in [0, 0.05) is 7.11 Å². The van der Waals surface area contributed by atoms with E-state index in [-0.39, 0.29) is 18.5 Å². The average molecular weight is 214 g/mol. The molecule has 0 bridgehead atoms. The highest BCUT2D eigenvalue weighted by atomic mass is 16.8. The minimum Gasteiger partial charge on any atom is -0.352 e. The Labute approximate surface area is 90.1 Å². The van der Waals surface area contributed by atoms with Crippen LogP contribution in [0.15, 0.2) is 12.2 Å². The summed E-state index contributed by atoms with van der Waals surface area (Å²) < 4.78 is 22.1. The van der Waals surface area contributed by atoms with E-state index < -0.39 is 5.79 Å². The first-order valence-electron chi connectivity index (χ1n) is 5.27. The molecule has 3 unspecified atom stereocenters. The highest BCUT2D eigenvalue weighted by Gasteiger charge is 2.38. The topological polar surface area (TPSA) is 36.9 Å². The first kappa shape index (κ1) is 11.1. The Morgan fingerprint density at radius 2 is 2.13 bits per heavy atom. The Morgan fingerprint density at radius 1 is 1.33 bits per heavy atom. The van der Waals surface area contributed by atoms with Gasteiger partial charge in [-0.15, -0.1) is 0 Å². The first-order chi connectivity index (χ1) is 7.11. The molecule has 0 aromatic carbocycles. The van der Waals surface area contributed by atoms with E-state index in [0.717, 1.165) is 6.42 Å². The summed E-state index contributed by atoms with van der Waals surface area (Å²) in [4.78, 5) is 0. The predicted molar refractivity (Wildman–Crippen MR) is 54.3 cm³/mol. The van der Waals surface area contributed by atoms with Crippen molar-refractivity contribution in [1.29, 1.82) is 0 Å². The van der Waals surface area contributed by atoms with Crippen LogP contribution in [0.2, 0.25) is 0 Å². The van der Waals surface area contributed by atoms with Crippen molar-refractivity contribution >= 4 is 0 Å². The summed E-state index contributed by atoms with van der Waals surface area (Å²) in [5.74, 6) is -0.488. The maximum absolute atomic E-state index is 5.74. The van der Waals surface area contributed by atoms with Crippen LogP contribution < -0.4 is 0 Å². The highest BCUT2D eigenvalue weighted by molar-refractivity contribution is 4.96. The van der Waals surface area contributed by atoms with Gasteiger partial charge in [0.05, 0.1) is 12.7 Å². The van der Waals surface area contributed by atoms with Gasteiger partial charge < -0.3 is 18.9 Å². The first-order valence-corrected chi connectivity index (χ1v) is 5.27. The molecule has 4 heteroatoms. The van der Waals surface area contributed by atoms with Gasteiger partial charge in [-0.25, -0.2) is 0 Å². The van der Waals surface area contributed by atoms with Crippen LogP contribution in [0.1, 0.15) is 20.3 Å². The van der Waals surface area contributed by atoms with Crippen molar-refractivity contribution in [2.75, 3.05) is 13.7 Å². The number of hydrogen-bond acceptors (Lipinski definition) is 4. The van der Waals surface area contributed by atoms with Gasteiger partial charge in [-0.3, -0.25) is 0 Å². The minimum atomic E-state index is -0.488. The Hall–Kier alpha value is -0.420. The normalized spacial score (nSPS) is 39.5. The molecule has 0 N–H and O–H groups in total. The molecule has 1 fully saturated rings. The lowest BCUT2D eigenvalue weighted by molar-refractivity contribution is -0.188. The van der Waals surface area contributed by atoms with Crippen molar-refractivity contribution in [3.05, 3.63) is 12.2 Å². The van der Waals surface area contributed by atoms with Gasteiger partial charge in [-0.1, -0.05) is 6.08 Å². The van der Waals surface area contributed by atoms with E-state index in [1.807, 2.05) is 19.9 Å². The maximum atomic E-state index is 5.74. The number of ether oxygens (including phenoxy) is 4. The average Bonchev–Trinajstić information content (AvgIpc) is 2.59. The Bertz CT molecular complexity index is 249. The van der Waals surface area contributed by atoms with Crippen LogP contribution in [0.25, 0.3) is 0 Å². The van der Waals surface area contributed by atoms with E-state index in [4.69, 9.17) is 18.9 Å². The summed E-state index contributed by atoms with van der Waals surface area (Å²) in [7, 11) is 1.63. The third-order valence-corrected chi connectivity index (χ3v) is 2.65. The molecule has 1 saturated heterocycles. The molecule has 0 amide bonds. The lowest BCUT2D eigenvalue weighted by atomic mass is 10.1. The summed E-state index contributed by atoms with van der Waals surface area (Å²) in [5.41, 5.74) is 0. The molecule has 0 aromatic heterocycles. The molecule has 0 spiro atoms. The van der Waals surface area contributed by atoms with Crippen LogP contribution in [0.3, 0.4) is 0 Å². The van der Waals surface area contributed by atoms with Crippen molar-refractivity contribution in [2.24, 2.45) is 0 Å². The molecular formula is C11H18O4. The second-order valence-corrected chi connectivity index (χ2v) is 4.31. The SMILES string of the molecule is COC1C=CCC(C2COC(C)(C)O2)O1. The molecule has 2 heterocycles. The number of hydrogen-bond donors (Lipinski definition) is 0. The van der Waals surface area contributed by atoms with E-state index in [0.29, 0.717) is 6.61 Å². The molecule has 2 aliphatic rings. The molecule has 4 nitrogen and oxygen atoms in total. The second kappa shape index (κ2) is 4.22. The van der Waals surface area contributed by atoms with Crippen LogP contribution in [0.4, 0.5) is 0 Å². The van der Waals surface area contributed by atoms with Crippen LogP contribution in [0, 0.1) is 0 Å². The van der Waals surface area contributed by atoms with Crippen LogP contribution in [-0.4, -0.2) is 38.0 Å². The Kier molecular flexibility index (Phi) is 3.11. The Morgan fingerprint density at radius 3 is 2.73 bits per heavy atom.